The summed E-state index contributed by atoms with van der Waals surface area (Å²) in [6, 6.07) is 16.7. The van der Waals surface area contributed by atoms with Crippen LogP contribution >= 0.6 is 47.0 Å². The predicted octanol–water partition coefficient (Wildman–Crippen LogP) is 5.77. The number of halogens is 3. The molecule has 1 heterocycles. The van der Waals surface area contributed by atoms with E-state index in [1.807, 2.05) is 18.2 Å². The minimum Gasteiger partial charge on any atom is -0.331 e. The summed E-state index contributed by atoms with van der Waals surface area (Å²) >= 11 is 23.5. The molecular formula is C21H13Cl3N4O2S. The quantitative estimate of drug-likeness (QED) is 0.250. The van der Waals surface area contributed by atoms with E-state index in [4.69, 9.17) is 47.0 Å². The summed E-state index contributed by atoms with van der Waals surface area (Å²) in [5, 5.41) is 1.27. The number of benzene rings is 3. The first-order valence-corrected chi connectivity index (χ1v) is 10.4. The lowest BCUT2D eigenvalue weighted by Crippen LogP contribution is -2.29. The summed E-state index contributed by atoms with van der Waals surface area (Å²) in [6.45, 7) is 0. The molecule has 1 amide bonds. The summed E-state index contributed by atoms with van der Waals surface area (Å²) in [5.41, 5.74) is 6.63. The number of H-pyrrole nitrogens is 1. The molecule has 6 nitrogen and oxygen atoms in total. The van der Waals surface area contributed by atoms with Crippen molar-refractivity contribution in [2.24, 2.45) is 0 Å². The Morgan fingerprint density at radius 1 is 0.968 bits per heavy atom. The van der Waals surface area contributed by atoms with Crippen molar-refractivity contribution in [2.75, 3.05) is 5.43 Å². The van der Waals surface area contributed by atoms with Crippen molar-refractivity contribution in [2.45, 2.75) is 0 Å². The molecule has 0 radical (unpaired) electrons. The molecule has 0 fully saturated rings. The van der Waals surface area contributed by atoms with Gasteiger partial charge in [0.2, 0.25) is 0 Å². The molecule has 156 valence electrons. The van der Waals surface area contributed by atoms with Crippen LogP contribution in [0.15, 0.2) is 65.5 Å². The number of carbonyl (C=O) groups is 1. The Bertz CT molecular complexity index is 1410. The minimum atomic E-state index is -0.462. The topological polar surface area (TPSA) is 78.9 Å². The maximum Gasteiger partial charge on any atom is 0.269 e. The Labute approximate surface area is 196 Å². The lowest BCUT2D eigenvalue weighted by molar-refractivity contribution is 0.0963. The van der Waals surface area contributed by atoms with E-state index >= 15 is 0 Å². The lowest BCUT2D eigenvalue weighted by atomic mass is 10.1. The van der Waals surface area contributed by atoms with E-state index in [0.717, 1.165) is 0 Å². The van der Waals surface area contributed by atoms with Crippen LogP contribution in [0, 0.1) is 4.77 Å². The standard InChI is InChI=1S/C21H13Cl3N4O2S/c22-12-9-15(23)18(16(24)10-12)26-27-19(29)11-6-7-14-17(8-11)25-21(31)28(20(14)30)13-4-2-1-3-5-13/h1-10,26H,(H,25,31)(H,27,29). The number of nitrogens with one attached hydrogen (secondary N) is 3. The largest absolute Gasteiger partial charge is 0.331 e. The van der Waals surface area contributed by atoms with Crippen LogP contribution in [0.4, 0.5) is 5.69 Å². The van der Waals surface area contributed by atoms with Crippen LogP contribution in [0.2, 0.25) is 15.1 Å². The fourth-order valence-electron chi connectivity index (χ4n) is 3.02. The summed E-state index contributed by atoms with van der Waals surface area (Å²) in [4.78, 5) is 28.6. The summed E-state index contributed by atoms with van der Waals surface area (Å²) < 4.78 is 1.63. The number of hydrogen-bond acceptors (Lipinski definition) is 4. The molecule has 10 heteroatoms. The SMILES string of the molecule is O=C(NNc1c(Cl)cc(Cl)cc1Cl)c1ccc2c(=O)n(-c3ccccc3)c(=S)[nH]c2c1. The Balaban J connectivity index is 1.65. The van der Waals surface area contributed by atoms with E-state index in [-0.39, 0.29) is 20.4 Å². The van der Waals surface area contributed by atoms with Gasteiger partial charge in [0.15, 0.2) is 4.77 Å². The molecule has 4 aromatic rings. The number of aromatic amines is 1. The maximum atomic E-state index is 13.0. The number of hydrogen-bond donors (Lipinski definition) is 3. The second kappa shape index (κ2) is 8.72. The fraction of sp³-hybridized carbons (Fsp3) is 0. The zero-order valence-electron chi connectivity index (χ0n) is 15.6. The first-order chi connectivity index (χ1) is 14.8. The van der Waals surface area contributed by atoms with Gasteiger partial charge in [0, 0.05) is 10.6 Å². The molecule has 0 aliphatic rings. The lowest BCUT2D eigenvalue weighted by Gasteiger charge is -2.13. The number of para-hydroxylation sites is 1. The number of anilines is 1. The van der Waals surface area contributed by atoms with Crippen LogP contribution in [-0.4, -0.2) is 15.5 Å². The maximum absolute atomic E-state index is 13.0. The van der Waals surface area contributed by atoms with E-state index in [0.29, 0.717) is 32.9 Å². The Hall–Kier alpha value is -2.84. The van der Waals surface area contributed by atoms with Gasteiger partial charge in [-0.1, -0.05) is 53.0 Å². The molecule has 0 aliphatic heterocycles. The molecule has 0 spiro atoms. The van der Waals surface area contributed by atoms with Gasteiger partial charge in [0.1, 0.15) is 0 Å². The molecule has 3 aromatic carbocycles. The summed E-state index contributed by atoms with van der Waals surface area (Å²) in [5.74, 6) is -0.462. The van der Waals surface area contributed by atoms with Crippen LogP contribution in [0.5, 0.6) is 0 Å². The van der Waals surface area contributed by atoms with Crippen molar-refractivity contribution >= 4 is 69.5 Å². The molecule has 0 bridgehead atoms. The van der Waals surface area contributed by atoms with Crippen LogP contribution in [0.25, 0.3) is 16.6 Å². The molecule has 0 aliphatic carbocycles. The second-order valence-electron chi connectivity index (χ2n) is 6.49. The highest BCUT2D eigenvalue weighted by atomic mass is 35.5. The van der Waals surface area contributed by atoms with Gasteiger partial charge >= 0.3 is 0 Å². The molecule has 3 N–H and O–H groups in total. The molecule has 0 unspecified atom stereocenters. The van der Waals surface area contributed by atoms with Gasteiger partial charge in [0.25, 0.3) is 11.5 Å². The van der Waals surface area contributed by atoms with Crippen molar-refractivity contribution < 1.29 is 4.79 Å². The zero-order chi connectivity index (χ0) is 22.1. The molecule has 0 atom stereocenters. The van der Waals surface area contributed by atoms with Crippen molar-refractivity contribution in [3.63, 3.8) is 0 Å². The Kier molecular flexibility index (Phi) is 6.02. The first-order valence-electron chi connectivity index (χ1n) is 8.90. The number of amides is 1. The Morgan fingerprint density at radius 3 is 2.32 bits per heavy atom. The van der Waals surface area contributed by atoms with E-state index in [9.17, 15) is 9.59 Å². The van der Waals surface area contributed by atoms with Crippen LogP contribution < -0.4 is 16.4 Å². The third kappa shape index (κ3) is 4.31. The fourth-order valence-corrected chi connectivity index (χ4v) is 4.23. The molecule has 1 aromatic heterocycles. The van der Waals surface area contributed by atoms with Crippen LogP contribution in [-0.2, 0) is 0 Å². The van der Waals surface area contributed by atoms with Crippen molar-refractivity contribution in [1.82, 2.24) is 15.0 Å². The van der Waals surface area contributed by atoms with Crippen LogP contribution in [0.1, 0.15) is 10.4 Å². The zero-order valence-corrected chi connectivity index (χ0v) is 18.7. The Morgan fingerprint density at radius 2 is 1.65 bits per heavy atom. The molecular weight excluding hydrogens is 479 g/mol. The van der Waals surface area contributed by atoms with Crippen molar-refractivity contribution in [1.29, 1.82) is 0 Å². The molecule has 0 saturated carbocycles. The van der Waals surface area contributed by atoms with Crippen molar-refractivity contribution in [3.05, 3.63) is 96.4 Å². The van der Waals surface area contributed by atoms with Gasteiger partial charge in [-0.25, -0.2) is 0 Å². The minimum absolute atomic E-state index is 0.221. The highest BCUT2D eigenvalue weighted by Gasteiger charge is 2.13. The first kappa shape index (κ1) is 21.4. The number of aromatic nitrogens is 2. The number of rotatable bonds is 4. The van der Waals surface area contributed by atoms with Gasteiger partial charge in [-0.3, -0.25) is 25.0 Å². The third-order valence-corrected chi connectivity index (χ3v) is 5.58. The molecule has 4 rings (SSSR count). The van der Waals surface area contributed by atoms with Crippen molar-refractivity contribution in [3.8, 4) is 5.69 Å². The van der Waals surface area contributed by atoms with Gasteiger partial charge in [-0.15, -0.1) is 0 Å². The van der Waals surface area contributed by atoms with Gasteiger partial charge < -0.3 is 4.98 Å². The average Bonchev–Trinajstić information content (AvgIpc) is 2.73. The van der Waals surface area contributed by atoms with E-state index < -0.39 is 5.91 Å². The number of hydrazine groups is 1. The molecule has 0 saturated heterocycles. The smallest absolute Gasteiger partial charge is 0.269 e. The van der Waals surface area contributed by atoms with Gasteiger partial charge in [-0.05, 0) is 54.7 Å². The average molecular weight is 492 g/mol. The van der Waals surface area contributed by atoms with Gasteiger partial charge in [-0.2, -0.15) is 0 Å². The second-order valence-corrected chi connectivity index (χ2v) is 8.13. The molecule has 31 heavy (non-hydrogen) atoms. The van der Waals surface area contributed by atoms with E-state index in [1.54, 1.807) is 24.3 Å². The highest BCUT2D eigenvalue weighted by Crippen LogP contribution is 2.33. The highest BCUT2D eigenvalue weighted by molar-refractivity contribution is 7.71. The summed E-state index contributed by atoms with van der Waals surface area (Å²) in [6.07, 6.45) is 0. The predicted molar refractivity (Wildman–Crippen MR) is 127 cm³/mol. The number of nitrogens with zero attached hydrogens (tertiary/aromatic N) is 1. The third-order valence-electron chi connectivity index (χ3n) is 4.48. The van der Waals surface area contributed by atoms with E-state index in [2.05, 4.69) is 15.8 Å². The normalized spacial score (nSPS) is 10.8. The van der Waals surface area contributed by atoms with Gasteiger partial charge in [0.05, 0.1) is 32.3 Å². The van der Waals surface area contributed by atoms with Crippen LogP contribution in [0.3, 0.4) is 0 Å². The number of carbonyl (C=O) groups excluding carboxylic acids is 1. The van der Waals surface area contributed by atoms with E-state index in [1.165, 1.54) is 22.8 Å². The number of fused-ring (bicyclic) bond motifs is 1. The monoisotopic (exact) mass is 490 g/mol. The summed E-state index contributed by atoms with van der Waals surface area (Å²) in [7, 11) is 0.